The van der Waals surface area contributed by atoms with Crippen molar-refractivity contribution in [2.45, 2.75) is 32.4 Å². The molecule has 1 fully saturated rings. The minimum Gasteiger partial charge on any atom is -0.396 e. The average Bonchev–Trinajstić information content (AvgIpc) is 2.27. The molecule has 4 nitrogen and oxygen atoms in total. The number of nitrogens with two attached hydrogens (primary N) is 1. The summed E-state index contributed by atoms with van der Waals surface area (Å²) in [6, 6.07) is 2.66. The molecule has 2 heterocycles. The topological polar surface area (TPSA) is 63.0 Å². The Bertz CT molecular complexity index is 396. The zero-order chi connectivity index (χ0) is 12.4. The van der Waals surface area contributed by atoms with Crippen molar-refractivity contribution in [2.24, 2.45) is 5.92 Å². The van der Waals surface area contributed by atoms with Crippen LogP contribution in [0, 0.1) is 5.92 Å². The molecule has 5 heteroatoms. The predicted octanol–water partition coefficient (Wildman–Crippen LogP) is 2.12. The maximum Gasteiger partial charge on any atom is 0.149 e. The summed E-state index contributed by atoms with van der Waals surface area (Å²) in [4.78, 5) is 4.24. The molecule has 1 unspecified atom stereocenters. The molecule has 2 rings (SSSR count). The molecule has 17 heavy (non-hydrogen) atoms. The summed E-state index contributed by atoms with van der Waals surface area (Å²) in [5.74, 6) is 1.29. The highest BCUT2D eigenvalue weighted by Crippen LogP contribution is 2.24. The van der Waals surface area contributed by atoms with E-state index < -0.39 is 0 Å². The Labute approximate surface area is 107 Å². The summed E-state index contributed by atoms with van der Waals surface area (Å²) in [6.07, 6.45) is 2.69. The summed E-state index contributed by atoms with van der Waals surface area (Å²) in [5.41, 5.74) is 6.50. The zero-order valence-electron chi connectivity index (χ0n) is 10.2. The maximum atomic E-state index is 5.89. The number of pyridine rings is 1. The van der Waals surface area contributed by atoms with Crippen LogP contribution in [-0.4, -0.2) is 23.6 Å². The largest absolute Gasteiger partial charge is 0.396 e. The third-order valence-electron chi connectivity index (χ3n) is 3.29. The van der Waals surface area contributed by atoms with E-state index >= 15 is 0 Å². The molecule has 0 bridgehead atoms. The van der Waals surface area contributed by atoms with Crippen LogP contribution in [0.25, 0.3) is 0 Å². The van der Waals surface area contributed by atoms with Crippen LogP contribution >= 0.6 is 11.6 Å². The Hall–Kier alpha value is -1.00. The summed E-state index contributed by atoms with van der Waals surface area (Å²) >= 11 is 5.83. The molecule has 0 saturated carbocycles. The second-order valence-electron chi connectivity index (χ2n) is 4.86. The lowest BCUT2D eigenvalue weighted by Gasteiger charge is -2.34. The van der Waals surface area contributed by atoms with Crippen molar-refractivity contribution in [3.63, 3.8) is 0 Å². The number of aromatic nitrogens is 1. The van der Waals surface area contributed by atoms with E-state index in [1.54, 1.807) is 12.3 Å². The van der Waals surface area contributed by atoms with Crippen LogP contribution in [0.1, 0.15) is 20.3 Å². The molecular weight excluding hydrogens is 236 g/mol. The van der Waals surface area contributed by atoms with E-state index in [-0.39, 0.29) is 0 Å². The van der Waals surface area contributed by atoms with Crippen molar-refractivity contribution >= 4 is 23.1 Å². The quantitative estimate of drug-likeness (QED) is 0.757. The number of nitrogen functional groups attached to an aromatic ring is 1. The Kier molecular flexibility index (Phi) is 3.74. The van der Waals surface area contributed by atoms with Gasteiger partial charge in [-0.2, -0.15) is 0 Å². The van der Waals surface area contributed by atoms with Gasteiger partial charge in [-0.3, -0.25) is 0 Å². The normalized spacial score (nSPS) is 29.0. The van der Waals surface area contributed by atoms with Crippen LogP contribution in [0.4, 0.5) is 11.5 Å². The number of rotatable bonds is 2. The highest BCUT2D eigenvalue weighted by Gasteiger charge is 2.25. The number of piperidine rings is 1. The van der Waals surface area contributed by atoms with Crippen LogP contribution in [-0.2, 0) is 0 Å². The smallest absolute Gasteiger partial charge is 0.149 e. The van der Waals surface area contributed by atoms with Gasteiger partial charge in [0.25, 0.3) is 0 Å². The lowest BCUT2D eigenvalue weighted by Crippen LogP contribution is -2.47. The maximum absolute atomic E-state index is 5.89. The molecule has 0 amide bonds. The van der Waals surface area contributed by atoms with Crippen LogP contribution in [0.3, 0.4) is 0 Å². The van der Waals surface area contributed by atoms with Gasteiger partial charge in [0, 0.05) is 18.3 Å². The Morgan fingerprint density at radius 3 is 3.00 bits per heavy atom. The zero-order valence-corrected chi connectivity index (χ0v) is 11.0. The van der Waals surface area contributed by atoms with Gasteiger partial charge in [0.05, 0.1) is 10.7 Å². The minimum atomic E-state index is 0.405. The number of nitrogens with one attached hydrogen (secondary N) is 2. The molecule has 3 atom stereocenters. The van der Waals surface area contributed by atoms with Crippen molar-refractivity contribution in [2.75, 3.05) is 17.6 Å². The molecule has 1 aromatic heterocycles. The highest BCUT2D eigenvalue weighted by atomic mass is 35.5. The van der Waals surface area contributed by atoms with Crippen molar-refractivity contribution in [1.82, 2.24) is 10.3 Å². The van der Waals surface area contributed by atoms with E-state index in [1.807, 2.05) is 0 Å². The molecule has 1 aliphatic rings. The molecule has 94 valence electrons. The van der Waals surface area contributed by atoms with E-state index in [2.05, 4.69) is 29.5 Å². The molecule has 0 radical (unpaired) electrons. The van der Waals surface area contributed by atoms with Crippen molar-refractivity contribution < 1.29 is 0 Å². The van der Waals surface area contributed by atoms with E-state index in [0.29, 0.717) is 28.7 Å². The highest BCUT2D eigenvalue weighted by molar-refractivity contribution is 6.30. The van der Waals surface area contributed by atoms with Gasteiger partial charge in [-0.1, -0.05) is 18.5 Å². The van der Waals surface area contributed by atoms with Crippen LogP contribution in [0.2, 0.25) is 5.02 Å². The fourth-order valence-corrected chi connectivity index (χ4v) is 2.34. The van der Waals surface area contributed by atoms with E-state index in [4.69, 9.17) is 17.3 Å². The summed E-state index contributed by atoms with van der Waals surface area (Å²) in [6.45, 7) is 5.44. The lowest BCUT2D eigenvalue weighted by molar-refractivity contribution is 0.313. The number of anilines is 2. The lowest BCUT2D eigenvalue weighted by atomic mass is 9.91. The second kappa shape index (κ2) is 5.10. The van der Waals surface area contributed by atoms with Gasteiger partial charge in [0.1, 0.15) is 5.82 Å². The number of halogens is 1. The number of hydrogen-bond donors (Lipinski definition) is 3. The van der Waals surface area contributed by atoms with Crippen molar-refractivity contribution in [3.05, 3.63) is 17.3 Å². The first-order valence-electron chi connectivity index (χ1n) is 5.97. The van der Waals surface area contributed by atoms with E-state index in [9.17, 15) is 0 Å². The first-order valence-corrected chi connectivity index (χ1v) is 6.35. The fourth-order valence-electron chi connectivity index (χ4n) is 2.18. The Balaban J connectivity index is 2.08. The summed E-state index contributed by atoms with van der Waals surface area (Å²) in [5, 5.41) is 7.45. The standard InChI is InChI=1S/C12H19ClN4/c1-7-5-15-8(2)3-11(7)17-12-10(14)4-9(13)6-16-12/h4,6-8,11,15H,3,5,14H2,1-2H3,(H,16,17)/t7-,8+,11?/m0/s1. The third kappa shape index (κ3) is 3.01. The van der Waals surface area contributed by atoms with Crippen molar-refractivity contribution in [3.8, 4) is 0 Å². The SMILES string of the molecule is C[C@@H]1CC(Nc2ncc(Cl)cc2N)[C@@H](C)CN1. The van der Waals surface area contributed by atoms with E-state index in [1.165, 1.54) is 0 Å². The van der Waals surface area contributed by atoms with Crippen molar-refractivity contribution in [1.29, 1.82) is 0 Å². The van der Waals surface area contributed by atoms with E-state index in [0.717, 1.165) is 18.8 Å². The molecule has 1 saturated heterocycles. The van der Waals surface area contributed by atoms with Crippen LogP contribution in [0.5, 0.6) is 0 Å². The van der Waals surface area contributed by atoms with Gasteiger partial charge in [-0.05, 0) is 31.9 Å². The monoisotopic (exact) mass is 254 g/mol. The van der Waals surface area contributed by atoms with Gasteiger partial charge < -0.3 is 16.4 Å². The molecule has 0 aliphatic carbocycles. The number of hydrogen-bond acceptors (Lipinski definition) is 4. The molecule has 0 spiro atoms. The van der Waals surface area contributed by atoms with Crippen LogP contribution < -0.4 is 16.4 Å². The first kappa shape index (κ1) is 12.5. The fraction of sp³-hybridized carbons (Fsp3) is 0.583. The predicted molar refractivity (Wildman–Crippen MR) is 72.3 cm³/mol. The Morgan fingerprint density at radius 1 is 1.53 bits per heavy atom. The third-order valence-corrected chi connectivity index (χ3v) is 3.50. The van der Waals surface area contributed by atoms with Gasteiger partial charge >= 0.3 is 0 Å². The average molecular weight is 255 g/mol. The molecular formula is C12H19ClN4. The van der Waals surface area contributed by atoms with Gasteiger partial charge in [0.15, 0.2) is 0 Å². The second-order valence-corrected chi connectivity index (χ2v) is 5.30. The van der Waals surface area contributed by atoms with Gasteiger partial charge in [0.2, 0.25) is 0 Å². The Morgan fingerprint density at radius 2 is 2.29 bits per heavy atom. The summed E-state index contributed by atoms with van der Waals surface area (Å²) in [7, 11) is 0. The van der Waals surface area contributed by atoms with Gasteiger partial charge in [-0.15, -0.1) is 0 Å². The molecule has 1 aliphatic heterocycles. The first-order chi connectivity index (χ1) is 8.06. The molecule has 4 N–H and O–H groups in total. The summed E-state index contributed by atoms with van der Waals surface area (Å²) < 4.78 is 0. The molecule has 1 aromatic rings. The minimum absolute atomic E-state index is 0.405. The number of nitrogens with zero attached hydrogens (tertiary/aromatic N) is 1. The molecule has 0 aromatic carbocycles. The van der Waals surface area contributed by atoms with Crippen LogP contribution in [0.15, 0.2) is 12.3 Å². The van der Waals surface area contributed by atoms with Gasteiger partial charge in [-0.25, -0.2) is 4.98 Å².